The van der Waals surface area contributed by atoms with E-state index in [-0.39, 0.29) is 0 Å². The van der Waals surface area contributed by atoms with Crippen molar-refractivity contribution in [3.8, 4) is 5.88 Å². The topological polar surface area (TPSA) is 51.1 Å². The van der Waals surface area contributed by atoms with Crippen molar-refractivity contribution in [2.75, 3.05) is 24.6 Å². The molecule has 0 amide bonds. The van der Waals surface area contributed by atoms with Gasteiger partial charge in [-0.3, -0.25) is 0 Å². The molecule has 0 aromatic carbocycles. The molecule has 0 saturated carbocycles. The number of hydrogen-bond acceptors (Lipinski definition) is 5. The summed E-state index contributed by atoms with van der Waals surface area (Å²) in [6.45, 7) is 6.75. The normalized spacial score (nSPS) is 15.8. The first kappa shape index (κ1) is 14.8. The number of ether oxygens (including phenoxy) is 1. The van der Waals surface area contributed by atoms with Crippen molar-refractivity contribution in [1.29, 1.82) is 0 Å². The van der Waals surface area contributed by atoms with Gasteiger partial charge in [0.1, 0.15) is 11.6 Å². The van der Waals surface area contributed by atoms with Gasteiger partial charge in [0.15, 0.2) is 0 Å². The van der Waals surface area contributed by atoms with Gasteiger partial charge in [0.05, 0.1) is 6.61 Å². The third kappa shape index (κ3) is 3.72. The lowest BCUT2D eigenvalue weighted by Crippen LogP contribution is -2.36. The summed E-state index contributed by atoms with van der Waals surface area (Å²) in [5.74, 6) is 3.19. The molecule has 3 rings (SSSR count). The first-order valence-corrected chi connectivity index (χ1v) is 7.82. The fourth-order valence-electron chi connectivity index (χ4n) is 2.82. The number of aromatic nitrogens is 3. The molecule has 2 aromatic heterocycles. The zero-order chi connectivity index (χ0) is 15.4. The van der Waals surface area contributed by atoms with E-state index in [4.69, 9.17) is 4.74 Å². The molecule has 0 N–H and O–H groups in total. The molecule has 22 heavy (non-hydrogen) atoms. The maximum atomic E-state index is 5.77. The Morgan fingerprint density at radius 2 is 2.00 bits per heavy atom. The maximum Gasteiger partial charge on any atom is 0.213 e. The molecule has 1 saturated heterocycles. The minimum absolute atomic E-state index is 0.585. The van der Waals surface area contributed by atoms with Crippen LogP contribution in [0.5, 0.6) is 5.88 Å². The van der Waals surface area contributed by atoms with Crippen LogP contribution < -0.4 is 9.64 Å². The Kier molecular flexibility index (Phi) is 4.51. The standard InChI is InChI=1S/C17H22N4O/c1-13-11-16(20-14(2)19-13)21-9-6-15(7-10-21)12-22-17-5-3-4-8-18-17/h3-5,8,11,15H,6-7,9-10,12H2,1-2H3. The SMILES string of the molecule is Cc1cc(N2CCC(COc3ccccn3)CC2)nc(C)n1. The molecule has 116 valence electrons. The van der Waals surface area contributed by atoms with E-state index in [1.807, 2.05) is 32.0 Å². The van der Waals surface area contributed by atoms with Crippen LogP contribution in [0.15, 0.2) is 30.5 Å². The fourth-order valence-corrected chi connectivity index (χ4v) is 2.82. The zero-order valence-corrected chi connectivity index (χ0v) is 13.2. The molecule has 3 heterocycles. The summed E-state index contributed by atoms with van der Waals surface area (Å²) >= 11 is 0. The van der Waals surface area contributed by atoms with Crippen LogP contribution in [0.1, 0.15) is 24.4 Å². The Morgan fingerprint density at radius 1 is 1.18 bits per heavy atom. The molecular formula is C17H22N4O. The highest BCUT2D eigenvalue weighted by atomic mass is 16.5. The van der Waals surface area contributed by atoms with Crippen molar-refractivity contribution < 1.29 is 4.74 Å². The van der Waals surface area contributed by atoms with E-state index in [2.05, 4.69) is 25.9 Å². The molecule has 0 bridgehead atoms. The van der Waals surface area contributed by atoms with E-state index in [0.29, 0.717) is 11.8 Å². The fraction of sp³-hybridized carbons (Fsp3) is 0.471. The predicted molar refractivity (Wildman–Crippen MR) is 86.2 cm³/mol. The van der Waals surface area contributed by atoms with Gasteiger partial charge in [-0.1, -0.05) is 6.07 Å². The monoisotopic (exact) mass is 298 g/mol. The van der Waals surface area contributed by atoms with Crippen LogP contribution in [0.2, 0.25) is 0 Å². The lowest BCUT2D eigenvalue weighted by molar-refractivity contribution is 0.216. The Morgan fingerprint density at radius 3 is 2.68 bits per heavy atom. The van der Waals surface area contributed by atoms with Gasteiger partial charge in [-0.25, -0.2) is 15.0 Å². The highest BCUT2D eigenvalue weighted by Gasteiger charge is 2.21. The molecule has 0 radical (unpaired) electrons. The average Bonchev–Trinajstić information content (AvgIpc) is 2.53. The molecule has 0 unspecified atom stereocenters. The maximum absolute atomic E-state index is 5.77. The molecule has 2 aromatic rings. The Hall–Kier alpha value is -2.17. The van der Waals surface area contributed by atoms with Crippen LogP contribution in [-0.2, 0) is 0 Å². The molecule has 1 fully saturated rings. The molecule has 5 heteroatoms. The predicted octanol–water partition coefficient (Wildman–Crippen LogP) is 2.78. The number of rotatable bonds is 4. The van der Waals surface area contributed by atoms with Crippen molar-refractivity contribution in [3.63, 3.8) is 0 Å². The first-order chi connectivity index (χ1) is 10.7. The second-order valence-electron chi connectivity index (χ2n) is 5.82. The largest absolute Gasteiger partial charge is 0.477 e. The summed E-state index contributed by atoms with van der Waals surface area (Å²) in [5.41, 5.74) is 1.03. The summed E-state index contributed by atoms with van der Waals surface area (Å²) < 4.78 is 5.77. The van der Waals surface area contributed by atoms with Gasteiger partial charge < -0.3 is 9.64 Å². The van der Waals surface area contributed by atoms with Crippen LogP contribution in [0.4, 0.5) is 5.82 Å². The molecule has 0 spiro atoms. The minimum Gasteiger partial charge on any atom is -0.477 e. The van der Waals surface area contributed by atoms with Gasteiger partial charge in [-0.15, -0.1) is 0 Å². The van der Waals surface area contributed by atoms with E-state index in [0.717, 1.165) is 49.9 Å². The quantitative estimate of drug-likeness (QED) is 0.868. The number of piperidine rings is 1. The van der Waals surface area contributed by atoms with E-state index in [1.165, 1.54) is 0 Å². The third-order valence-electron chi connectivity index (χ3n) is 4.00. The zero-order valence-electron chi connectivity index (χ0n) is 13.2. The molecule has 5 nitrogen and oxygen atoms in total. The van der Waals surface area contributed by atoms with Crippen molar-refractivity contribution in [1.82, 2.24) is 15.0 Å². The second kappa shape index (κ2) is 6.73. The van der Waals surface area contributed by atoms with Crippen LogP contribution in [-0.4, -0.2) is 34.6 Å². The summed E-state index contributed by atoms with van der Waals surface area (Å²) in [4.78, 5) is 15.4. The smallest absolute Gasteiger partial charge is 0.213 e. The van der Waals surface area contributed by atoms with Gasteiger partial charge in [-0.05, 0) is 38.7 Å². The van der Waals surface area contributed by atoms with Crippen molar-refractivity contribution >= 4 is 5.82 Å². The number of pyridine rings is 1. The summed E-state index contributed by atoms with van der Waals surface area (Å²) in [6.07, 6.45) is 4.00. The van der Waals surface area contributed by atoms with E-state index in [9.17, 15) is 0 Å². The lowest BCUT2D eigenvalue weighted by atomic mass is 9.98. The van der Waals surface area contributed by atoms with Gasteiger partial charge in [0.25, 0.3) is 0 Å². The average molecular weight is 298 g/mol. The second-order valence-corrected chi connectivity index (χ2v) is 5.82. The summed E-state index contributed by atoms with van der Waals surface area (Å²) in [6, 6.07) is 7.82. The van der Waals surface area contributed by atoms with Crippen molar-refractivity contribution in [3.05, 3.63) is 42.0 Å². The molecule has 0 aliphatic carbocycles. The van der Waals surface area contributed by atoms with Crippen LogP contribution in [0, 0.1) is 19.8 Å². The molecular weight excluding hydrogens is 276 g/mol. The van der Waals surface area contributed by atoms with Crippen molar-refractivity contribution in [2.45, 2.75) is 26.7 Å². The van der Waals surface area contributed by atoms with E-state index < -0.39 is 0 Å². The number of nitrogens with zero attached hydrogens (tertiary/aromatic N) is 4. The number of anilines is 1. The summed E-state index contributed by atoms with van der Waals surface area (Å²) in [5, 5.41) is 0. The first-order valence-electron chi connectivity index (χ1n) is 7.82. The molecule has 0 atom stereocenters. The Labute approximate surface area is 131 Å². The Bertz CT molecular complexity index is 589. The van der Waals surface area contributed by atoms with Crippen LogP contribution in [0.25, 0.3) is 0 Å². The Balaban J connectivity index is 1.52. The van der Waals surface area contributed by atoms with Gasteiger partial charge >= 0.3 is 0 Å². The van der Waals surface area contributed by atoms with E-state index in [1.54, 1.807) is 6.20 Å². The summed E-state index contributed by atoms with van der Waals surface area (Å²) in [7, 11) is 0. The number of aryl methyl sites for hydroxylation is 2. The third-order valence-corrected chi connectivity index (χ3v) is 4.00. The van der Waals surface area contributed by atoms with Gasteiger partial charge in [0.2, 0.25) is 5.88 Å². The number of hydrogen-bond donors (Lipinski definition) is 0. The van der Waals surface area contributed by atoms with Gasteiger partial charge in [-0.2, -0.15) is 0 Å². The van der Waals surface area contributed by atoms with Gasteiger partial charge in [0, 0.05) is 37.1 Å². The van der Waals surface area contributed by atoms with Crippen LogP contribution in [0.3, 0.4) is 0 Å². The molecule has 1 aliphatic heterocycles. The van der Waals surface area contributed by atoms with Crippen LogP contribution >= 0.6 is 0 Å². The molecule has 1 aliphatic rings. The highest BCUT2D eigenvalue weighted by Crippen LogP contribution is 2.23. The van der Waals surface area contributed by atoms with E-state index >= 15 is 0 Å². The lowest BCUT2D eigenvalue weighted by Gasteiger charge is -2.32. The highest BCUT2D eigenvalue weighted by molar-refractivity contribution is 5.40. The minimum atomic E-state index is 0.585. The van der Waals surface area contributed by atoms with Crippen molar-refractivity contribution in [2.24, 2.45) is 5.92 Å².